The molecule has 0 radical (unpaired) electrons. The van der Waals surface area contributed by atoms with E-state index in [1.165, 1.54) is 28.9 Å². The van der Waals surface area contributed by atoms with Crippen LogP contribution < -0.4 is 5.32 Å². The Kier molecular flexibility index (Phi) is 5.48. The van der Waals surface area contributed by atoms with Gasteiger partial charge in [-0.1, -0.05) is 35.0 Å². The molecule has 0 saturated carbocycles. The lowest BCUT2D eigenvalue weighted by Crippen LogP contribution is -2.15. The third-order valence-corrected chi connectivity index (χ3v) is 6.08. The Bertz CT molecular complexity index is 974. The Balaban J connectivity index is 1.77. The van der Waals surface area contributed by atoms with Crippen LogP contribution in [0.1, 0.15) is 16.3 Å². The lowest BCUT2D eigenvalue weighted by molar-refractivity contribution is -0.113. The molecule has 3 heterocycles. The minimum atomic E-state index is -0.212. The first-order chi connectivity index (χ1) is 11.8. The van der Waals surface area contributed by atoms with Crippen LogP contribution in [0.2, 0.25) is 10.0 Å². The molecule has 0 aliphatic heterocycles. The fourth-order valence-corrected chi connectivity index (χ4v) is 4.72. The normalized spacial score (nSPS) is 11.1. The number of thioether (sulfide) groups is 1. The first-order valence-electron chi connectivity index (χ1n) is 7.33. The van der Waals surface area contributed by atoms with E-state index < -0.39 is 0 Å². The number of carbonyl (C=O) groups excluding carboxylic acids is 1. The van der Waals surface area contributed by atoms with Crippen LogP contribution in [0.4, 0.5) is 5.82 Å². The molecule has 3 aromatic rings. The molecule has 0 unspecified atom stereocenters. The van der Waals surface area contributed by atoms with Gasteiger partial charge in [-0.2, -0.15) is 0 Å². The van der Waals surface area contributed by atoms with E-state index in [1.807, 2.05) is 13.8 Å². The van der Waals surface area contributed by atoms with E-state index in [2.05, 4.69) is 27.2 Å². The average molecular weight is 413 g/mol. The molecule has 0 aliphatic carbocycles. The van der Waals surface area contributed by atoms with Gasteiger partial charge >= 0.3 is 0 Å². The molecule has 25 heavy (non-hydrogen) atoms. The van der Waals surface area contributed by atoms with Crippen LogP contribution in [0.5, 0.6) is 0 Å². The number of halogens is 2. The number of carbonyl (C=O) groups is 1. The first-order valence-corrected chi connectivity index (χ1v) is 9.89. The van der Waals surface area contributed by atoms with Gasteiger partial charge in [0.15, 0.2) is 5.82 Å². The summed E-state index contributed by atoms with van der Waals surface area (Å²) in [5.74, 6) is 0.971. The lowest BCUT2D eigenvalue weighted by Gasteiger charge is -2.07. The van der Waals surface area contributed by atoms with Crippen molar-refractivity contribution in [1.82, 2.24) is 15.0 Å². The fraction of sp³-hybridized carbons (Fsp3) is 0.250. The standard InChI is InChI=1S/C16H14Cl2N4OS2/c1-7-8(2)25-16-13(7)15(20-9(3)21-16)24-6-12(23)22-14-11(18)4-10(17)5-19-14/h4-5H,6H2,1-3H3,(H,19,22,23). The van der Waals surface area contributed by atoms with Crippen LogP contribution in [0.15, 0.2) is 17.3 Å². The van der Waals surface area contributed by atoms with E-state index in [0.717, 1.165) is 20.8 Å². The highest BCUT2D eigenvalue weighted by Gasteiger charge is 2.15. The summed E-state index contributed by atoms with van der Waals surface area (Å²) in [6.07, 6.45) is 1.44. The van der Waals surface area contributed by atoms with Gasteiger partial charge in [0.05, 0.1) is 15.8 Å². The summed E-state index contributed by atoms with van der Waals surface area (Å²) in [7, 11) is 0. The number of hydrogen-bond acceptors (Lipinski definition) is 6. The lowest BCUT2D eigenvalue weighted by atomic mass is 10.2. The van der Waals surface area contributed by atoms with Crippen molar-refractivity contribution in [1.29, 1.82) is 0 Å². The third kappa shape index (κ3) is 4.06. The van der Waals surface area contributed by atoms with Crippen LogP contribution in [-0.2, 0) is 4.79 Å². The van der Waals surface area contributed by atoms with E-state index in [4.69, 9.17) is 23.2 Å². The molecule has 130 valence electrons. The number of rotatable bonds is 4. The smallest absolute Gasteiger partial charge is 0.235 e. The second-order valence-electron chi connectivity index (χ2n) is 5.36. The zero-order chi connectivity index (χ0) is 18.1. The Morgan fingerprint density at radius 1 is 1.28 bits per heavy atom. The maximum absolute atomic E-state index is 12.2. The predicted molar refractivity (Wildman–Crippen MR) is 105 cm³/mol. The molecule has 0 bridgehead atoms. The van der Waals surface area contributed by atoms with Gasteiger partial charge in [0.2, 0.25) is 5.91 Å². The Labute approximate surface area is 163 Å². The molecule has 0 atom stereocenters. The highest BCUT2D eigenvalue weighted by atomic mass is 35.5. The van der Waals surface area contributed by atoms with E-state index in [0.29, 0.717) is 21.7 Å². The minimum Gasteiger partial charge on any atom is -0.309 e. The molecular formula is C16H14Cl2N4OS2. The Morgan fingerprint density at radius 3 is 2.76 bits per heavy atom. The number of thiophene rings is 1. The van der Waals surface area contributed by atoms with Crippen molar-refractivity contribution in [3.8, 4) is 0 Å². The van der Waals surface area contributed by atoms with Crippen LogP contribution in [0, 0.1) is 20.8 Å². The molecule has 3 aromatic heterocycles. The zero-order valence-corrected chi connectivity index (χ0v) is 16.8. The minimum absolute atomic E-state index is 0.195. The summed E-state index contributed by atoms with van der Waals surface area (Å²) in [4.78, 5) is 27.4. The predicted octanol–water partition coefficient (Wildman–Crippen LogP) is 5.05. The number of aromatic nitrogens is 3. The van der Waals surface area contributed by atoms with Crippen molar-refractivity contribution >= 4 is 68.2 Å². The highest BCUT2D eigenvalue weighted by molar-refractivity contribution is 8.00. The zero-order valence-electron chi connectivity index (χ0n) is 13.7. The second-order valence-corrected chi connectivity index (χ2v) is 8.37. The van der Waals surface area contributed by atoms with Crippen LogP contribution in [0.3, 0.4) is 0 Å². The molecule has 0 aromatic carbocycles. The molecule has 9 heteroatoms. The van der Waals surface area contributed by atoms with Crippen LogP contribution >= 0.6 is 46.3 Å². The topological polar surface area (TPSA) is 67.8 Å². The van der Waals surface area contributed by atoms with Gasteiger partial charge < -0.3 is 5.32 Å². The van der Waals surface area contributed by atoms with Crippen molar-refractivity contribution in [2.45, 2.75) is 25.8 Å². The highest BCUT2D eigenvalue weighted by Crippen LogP contribution is 2.35. The SMILES string of the molecule is Cc1nc(SCC(=O)Nc2ncc(Cl)cc2Cl)c2c(C)c(C)sc2n1. The molecule has 0 aliphatic rings. The molecule has 0 saturated heterocycles. The number of pyridine rings is 1. The number of amides is 1. The van der Waals surface area contributed by atoms with E-state index in [-0.39, 0.29) is 11.7 Å². The Morgan fingerprint density at radius 2 is 2.04 bits per heavy atom. The first kappa shape index (κ1) is 18.4. The molecular weight excluding hydrogens is 399 g/mol. The van der Waals surface area contributed by atoms with E-state index >= 15 is 0 Å². The number of anilines is 1. The molecule has 5 nitrogen and oxygen atoms in total. The summed E-state index contributed by atoms with van der Waals surface area (Å²) in [5.41, 5.74) is 1.16. The molecule has 0 spiro atoms. The number of fused-ring (bicyclic) bond motifs is 1. The van der Waals surface area contributed by atoms with Gasteiger partial charge in [-0.05, 0) is 32.4 Å². The molecule has 0 fully saturated rings. The van der Waals surface area contributed by atoms with Crippen LogP contribution in [-0.4, -0.2) is 26.6 Å². The fourth-order valence-electron chi connectivity index (χ4n) is 2.23. The van der Waals surface area contributed by atoms with Crippen molar-refractivity contribution < 1.29 is 4.79 Å². The van der Waals surface area contributed by atoms with Gasteiger partial charge in [-0.25, -0.2) is 15.0 Å². The maximum Gasteiger partial charge on any atom is 0.235 e. The molecule has 3 rings (SSSR count). The van der Waals surface area contributed by atoms with E-state index in [9.17, 15) is 4.79 Å². The van der Waals surface area contributed by atoms with Crippen molar-refractivity contribution in [2.24, 2.45) is 0 Å². The molecule has 1 N–H and O–H groups in total. The number of hydrogen-bond donors (Lipinski definition) is 1. The van der Waals surface area contributed by atoms with Gasteiger partial charge in [-0.15, -0.1) is 11.3 Å². The van der Waals surface area contributed by atoms with Gasteiger partial charge in [-0.3, -0.25) is 4.79 Å². The number of nitrogens with zero attached hydrogens (tertiary/aromatic N) is 3. The van der Waals surface area contributed by atoms with Crippen molar-refractivity contribution in [2.75, 3.05) is 11.1 Å². The second kappa shape index (κ2) is 7.45. The third-order valence-electron chi connectivity index (χ3n) is 3.51. The monoisotopic (exact) mass is 412 g/mol. The molecule has 1 amide bonds. The van der Waals surface area contributed by atoms with Gasteiger partial charge in [0.1, 0.15) is 15.7 Å². The quantitative estimate of drug-likeness (QED) is 0.479. The summed E-state index contributed by atoms with van der Waals surface area (Å²) in [6.45, 7) is 5.96. The Hall–Kier alpha value is -1.41. The summed E-state index contributed by atoms with van der Waals surface area (Å²) in [6, 6.07) is 1.54. The average Bonchev–Trinajstić information content (AvgIpc) is 2.82. The van der Waals surface area contributed by atoms with Gasteiger partial charge in [0.25, 0.3) is 0 Å². The van der Waals surface area contributed by atoms with Gasteiger partial charge in [0, 0.05) is 16.5 Å². The van der Waals surface area contributed by atoms with Crippen molar-refractivity contribution in [3.05, 3.63) is 38.6 Å². The summed E-state index contributed by atoms with van der Waals surface area (Å²) >= 11 is 14.8. The summed E-state index contributed by atoms with van der Waals surface area (Å²) in [5, 5.41) is 5.24. The van der Waals surface area contributed by atoms with E-state index in [1.54, 1.807) is 11.3 Å². The van der Waals surface area contributed by atoms with Crippen molar-refractivity contribution in [3.63, 3.8) is 0 Å². The maximum atomic E-state index is 12.2. The number of nitrogens with one attached hydrogen (secondary N) is 1. The summed E-state index contributed by atoms with van der Waals surface area (Å²) < 4.78 is 0. The largest absolute Gasteiger partial charge is 0.309 e. The number of aryl methyl sites for hydroxylation is 3. The van der Waals surface area contributed by atoms with Crippen LogP contribution in [0.25, 0.3) is 10.2 Å².